The number of aliphatic imine (C=N–C) groups is 1. The highest BCUT2D eigenvalue weighted by Gasteiger charge is 2.24. The molecule has 0 aliphatic carbocycles. The third-order valence-corrected chi connectivity index (χ3v) is 4.08. The zero-order valence-electron chi connectivity index (χ0n) is 9.65. The molecule has 0 spiro atoms. The van der Waals surface area contributed by atoms with Crippen LogP contribution in [0.5, 0.6) is 0 Å². The SMILES string of the molecule is CN1CCc2c(c(Br)cc3c2N=CCN3O)C1. The molecule has 2 aliphatic heterocycles. The van der Waals surface area contributed by atoms with Crippen molar-refractivity contribution in [2.75, 3.05) is 25.2 Å². The van der Waals surface area contributed by atoms with E-state index in [1.54, 1.807) is 6.21 Å². The van der Waals surface area contributed by atoms with Crippen molar-refractivity contribution in [2.45, 2.75) is 13.0 Å². The van der Waals surface area contributed by atoms with Crippen LogP contribution < -0.4 is 5.06 Å². The molecule has 0 saturated heterocycles. The van der Waals surface area contributed by atoms with Gasteiger partial charge in [-0.1, -0.05) is 15.9 Å². The maximum Gasteiger partial charge on any atom is 0.0920 e. The van der Waals surface area contributed by atoms with E-state index in [9.17, 15) is 5.21 Å². The molecule has 3 rings (SSSR count). The highest BCUT2D eigenvalue weighted by molar-refractivity contribution is 9.10. The molecule has 2 heterocycles. The first kappa shape index (κ1) is 11.2. The molecule has 17 heavy (non-hydrogen) atoms. The molecule has 0 radical (unpaired) electrons. The van der Waals surface area contributed by atoms with E-state index < -0.39 is 0 Å². The minimum Gasteiger partial charge on any atom is -0.302 e. The fourth-order valence-corrected chi connectivity index (χ4v) is 3.04. The number of nitrogens with zero attached hydrogens (tertiary/aromatic N) is 3. The van der Waals surface area contributed by atoms with Crippen molar-refractivity contribution >= 4 is 33.5 Å². The summed E-state index contributed by atoms with van der Waals surface area (Å²) in [5, 5.41) is 11.1. The zero-order chi connectivity index (χ0) is 12.0. The van der Waals surface area contributed by atoms with Gasteiger partial charge < -0.3 is 4.90 Å². The lowest BCUT2D eigenvalue weighted by Gasteiger charge is -2.30. The number of halogens is 1. The van der Waals surface area contributed by atoms with Gasteiger partial charge in [-0.3, -0.25) is 10.2 Å². The van der Waals surface area contributed by atoms with Crippen LogP contribution in [-0.2, 0) is 13.0 Å². The van der Waals surface area contributed by atoms with E-state index in [0.717, 1.165) is 35.4 Å². The van der Waals surface area contributed by atoms with E-state index in [1.807, 2.05) is 6.07 Å². The monoisotopic (exact) mass is 295 g/mol. The molecule has 0 amide bonds. The Morgan fingerprint density at radius 3 is 3.06 bits per heavy atom. The van der Waals surface area contributed by atoms with Gasteiger partial charge >= 0.3 is 0 Å². The van der Waals surface area contributed by atoms with Crippen LogP contribution >= 0.6 is 15.9 Å². The van der Waals surface area contributed by atoms with Gasteiger partial charge in [0.05, 0.1) is 17.9 Å². The highest BCUT2D eigenvalue weighted by atomic mass is 79.9. The molecule has 5 heteroatoms. The molecule has 2 aliphatic rings. The molecular weight excluding hydrogens is 282 g/mol. The molecule has 1 aromatic rings. The van der Waals surface area contributed by atoms with E-state index in [0.29, 0.717) is 6.54 Å². The van der Waals surface area contributed by atoms with Crippen molar-refractivity contribution in [1.82, 2.24) is 4.90 Å². The molecule has 1 N–H and O–H groups in total. The van der Waals surface area contributed by atoms with E-state index in [4.69, 9.17) is 0 Å². The Morgan fingerprint density at radius 1 is 1.41 bits per heavy atom. The van der Waals surface area contributed by atoms with Gasteiger partial charge in [0.25, 0.3) is 0 Å². The van der Waals surface area contributed by atoms with E-state index >= 15 is 0 Å². The average Bonchev–Trinajstić information content (AvgIpc) is 2.31. The van der Waals surface area contributed by atoms with Gasteiger partial charge in [0.1, 0.15) is 0 Å². The predicted molar refractivity (Wildman–Crippen MR) is 71.5 cm³/mol. The van der Waals surface area contributed by atoms with Gasteiger partial charge in [0.15, 0.2) is 0 Å². The van der Waals surface area contributed by atoms with Crippen LogP contribution in [-0.4, -0.2) is 36.5 Å². The topological polar surface area (TPSA) is 39.1 Å². The van der Waals surface area contributed by atoms with Gasteiger partial charge in [0.2, 0.25) is 0 Å². The summed E-state index contributed by atoms with van der Waals surface area (Å²) in [5.74, 6) is 0. The van der Waals surface area contributed by atoms with Gasteiger partial charge in [-0.25, -0.2) is 5.06 Å². The van der Waals surface area contributed by atoms with Crippen LogP contribution in [0.25, 0.3) is 0 Å². The Morgan fingerprint density at radius 2 is 2.24 bits per heavy atom. The molecule has 0 aromatic heterocycles. The second-order valence-electron chi connectivity index (χ2n) is 4.56. The standard InChI is InChI=1S/C12H14BrN3O/c1-15-4-2-8-9(7-15)10(13)6-11-12(8)14-3-5-16(11)17/h3,6,17H,2,4-5,7H2,1H3. The molecule has 0 atom stereocenters. The minimum absolute atomic E-state index is 0.456. The van der Waals surface area contributed by atoms with Gasteiger partial charge in [-0.15, -0.1) is 0 Å². The fourth-order valence-electron chi connectivity index (χ4n) is 2.46. The van der Waals surface area contributed by atoms with Gasteiger partial charge in [-0.05, 0) is 30.7 Å². The van der Waals surface area contributed by atoms with Crippen molar-refractivity contribution in [2.24, 2.45) is 4.99 Å². The van der Waals surface area contributed by atoms with Crippen LogP contribution in [0, 0.1) is 0 Å². The smallest absolute Gasteiger partial charge is 0.0920 e. The van der Waals surface area contributed by atoms with Gasteiger partial charge in [-0.2, -0.15) is 0 Å². The van der Waals surface area contributed by atoms with Crippen molar-refractivity contribution < 1.29 is 5.21 Å². The van der Waals surface area contributed by atoms with Crippen LogP contribution in [0.1, 0.15) is 11.1 Å². The number of hydroxylamine groups is 1. The zero-order valence-corrected chi connectivity index (χ0v) is 11.2. The lowest BCUT2D eigenvalue weighted by molar-refractivity contribution is 0.269. The van der Waals surface area contributed by atoms with E-state index in [1.165, 1.54) is 16.2 Å². The second kappa shape index (κ2) is 4.08. The van der Waals surface area contributed by atoms with Crippen LogP contribution in [0.4, 0.5) is 11.4 Å². The first-order valence-electron chi connectivity index (χ1n) is 5.68. The highest BCUT2D eigenvalue weighted by Crippen LogP contribution is 2.41. The van der Waals surface area contributed by atoms with Crippen molar-refractivity contribution in [3.63, 3.8) is 0 Å². The number of likely N-dealkylation sites (N-methyl/N-ethyl adjacent to an activating group) is 1. The Bertz CT molecular complexity index is 501. The third-order valence-electron chi connectivity index (χ3n) is 3.37. The van der Waals surface area contributed by atoms with Crippen LogP contribution in [0.15, 0.2) is 15.5 Å². The summed E-state index contributed by atoms with van der Waals surface area (Å²) in [6, 6.07) is 1.96. The number of rotatable bonds is 0. The van der Waals surface area contributed by atoms with E-state index in [-0.39, 0.29) is 0 Å². The van der Waals surface area contributed by atoms with Crippen LogP contribution in [0.3, 0.4) is 0 Å². The maximum absolute atomic E-state index is 9.85. The molecular formula is C12H14BrN3O. The first-order valence-corrected chi connectivity index (χ1v) is 6.48. The Kier molecular flexibility index (Phi) is 2.69. The number of fused-ring (bicyclic) bond motifs is 3. The largest absolute Gasteiger partial charge is 0.302 e. The number of hydrogen-bond acceptors (Lipinski definition) is 4. The molecule has 90 valence electrons. The third kappa shape index (κ3) is 1.78. The summed E-state index contributed by atoms with van der Waals surface area (Å²) in [4.78, 5) is 6.75. The Balaban J connectivity index is 2.20. The minimum atomic E-state index is 0.456. The van der Waals surface area contributed by atoms with Crippen LogP contribution in [0.2, 0.25) is 0 Å². The average molecular weight is 296 g/mol. The Labute approximate surface area is 109 Å². The summed E-state index contributed by atoms with van der Waals surface area (Å²) in [6.07, 6.45) is 2.74. The molecule has 1 aromatic carbocycles. The normalized spacial score (nSPS) is 19.1. The molecule has 0 unspecified atom stereocenters. The first-order chi connectivity index (χ1) is 8.16. The summed E-state index contributed by atoms with van der Waals surface area (Å²) < 4.78 is 1.06. The predicted octanol–water partition coefficient (Wildman–Crippen LogP) is 2.35. The summed E-state index contributed by atoms with van der Waals surface area (Å²) in [7, 11) is 2.12. The van der Waals surface area contributed by atoms with Crippen molar-refractivity contribution in [3.05, 3.63) is 21.7 Å². The lowest BCUT2D eigenvalue weighted by atomic mass is 9.96. The second-order valence-corrected chi connectivity index (χ2v) is 5.42. The lowest BCUT2D eigenvalue weighted by Crippen LogP contribution is -2.29. The molecule has 0 fully saturated rings. The van der Waals surface area contributed by atoms with E-state index in [2.05, 4.69) is 32.9 Å². The van der Waals surface area contributed by atoms with Crippen molar-refractivity contribution in [3.8, 4) is 0 Å². The number of hydrogen-bond donors (Lipinski definition) is 1. The van der Waals surface area contributed by atoms with Gasteiger partial charge in [0, 0.05) is 23.8 Å². The van der Waals surface area contributed by atoms with Crippen molar-refractivity contribution in [1.29, 1.82) is 0 Å². The quantitative estimate of drug-likeness (QED) is 0.799. The number of benzene rings is 1. The molecule has 0 bridgehead atoms. The summed E-state index contributed by atoms with van der Waals surface area (Å²) >= 11 is 3.60. The summed E-state index contributed by atoms with van der Waals surface area (Å²) in [5.41, 5.74) is 4.31. The summed E-state index contributed by atoms with van der Waals surface area (Å²) in [6.45, 7) is 2.43. The Hall–Kier alpha value is -0.910. The number of anilines is 1. The fraction of sp³-hybridized carbons (Fsp3) is 0.417. The molecule has 0 saturated carbocycles. The molecule has 4 nitrogen and oxygen atoms in total. The maximum atomic E-state index is 9.85.